The van der Waals surface area contributed by atoms with Crippen LogP contribution in [0.2, 0.25) is 0 Å². The van der Waals surface area contributed by atoms with Crippen LogP contribution in [0, 0.1) is 56.2 Å². The molecule has 15 atom stereocenters. The van der Waals surface area contributed by atoms with E-state index < -0.39 is 53.6 Å². The van der Waals surface area contributed by atoms with Gasteiger partial charge in [-0.15, -0.1) is 0 Å². The lowest BCUT2D eigenvalue weighted by Crippen LogP contribution is -2.71. The molecular formula is C49H75NO10. The van der Waals surface area contributed by atoms with Crippen LogP contribution in [-0.4, -0.2) is 100 Å². The van der Waals surface area contributed by atoms with Crippen molar-refractivity contribution in [3.63, 3.8) is 0 Å². The first-order valence-electron chi connectivity index (χ1n) is 23.4. The van der Waals surface area contributed by atoms with Gasteiger partial charge < -0.3 is 50.2 Å². The number of aliphatic carboxylic acids is 1. The molecule has 336 valence electrons. The number of nitrogens with one attached hydrogen (secondary N) is 1. The molecule has 5 saturated carbocycles. The minimum Gasteiger partial charge on any atom is -0.481 e. The highest BCUT2D eigenvalue weighted by Gasteiger charge is 2.73. The highest BCUT2D eigenvalue weighted by atomic mass is 16.7. The number of hydrogen-bond acceptors (Lipinski definition) is 10. The predicted molar refractivity (Wildman–Crippen MR) is 226 cm³/mol. The van der Waals surface area contributed by atoms with E-state index in [2.05, 4.69) is 63.4 Å². The van der Waals surface area contributed by atoms with Gasteiger partial charge in [-0.1, -0.05) is 82.9 Å². The van der Waals surface area contributed by atoms with Gasteiger partial charge in [-0.2, -0.15) is 0 Å². The fraction of sp³-hybridized carbons (Fsp3) is 0.816. The van der Waals surface area contributed by atoms with Crippen LogP contribution < -0.4 is 5.32 Å². The van der Waals surface area contributed by atoms with Crippen molar-refractivity contribution in [3.8, 4) is 0 Å². The topological polar surface area (TPSA) is 178 Å². The molecule has 1 unspecified atom stereocenters. The number of carboxylic acid groups (broad SMARTS) is 1. The Labute approximate surface area is 357 Å². The molecule has 1 aromatic rings. The van der Waals surface area contributed by atoms with Gasteiger partial charge in [-0.3, -0.25) is 4.79 Å². The quantitative estimate of drug-likeness (QED) is 0.101. The number of ether oxygens (including phenoxy) is 3. The lowest BCUT2D eigenvalue weighted by atomic mass is 9.31. The summed E-state index contributed by atoms with van der Waals surface area (Å²) in [6, 6.07) is 8.42. The molecule has 1 heterocycles. The van der Waals surface area contributed by atoms with Crippen molar-refractivity contribution in [2.75, 3.05) is 26.9 Å². The smallest absolute Gasteiger partial charge is 0.310 e. The van der Waals surface area contributed by atoms with Gasteiger partial charge in [0.2, 0.25) is 0 Å². The molecule has 7 N–H and O–H groups in total. The van der Waals surface area contributed by atoms with Crippen molar-refractivity contribution in [2.24, 2.45) is 56.2 Å². The molecular weight excluding hydrogens is 763 g/mol. The molecule has 6 fully saturated rings. The Balaban J connectivity index is 1.23. The minimum atomic E-state index is -1.48. The van der Waals surface area contributed by atoms with E-state index in [0.717, 1.165) is 69.9 Å². The maximum Gasteiger partial charge on any atom is 0.310 e. The molecule has 1 saturated heterocycles. The zero-order valence-corrected chi connectivity index (χ0v) is 36.9. The molecule has 1 aromatic carbocycles. The first-order chi connectivity index (χ1) is 28.6. The molecule has 8 rings (SSSR count). The second kappa shape index (κ2) is 16.6. The van der Waals surface area contributed by atoms with Gasteiger partial charge in [-0.05, 0) is 134 Å². The maximum atomic E-state index is 13.4. The van der Waals surface area contributed by atoms with Crippen LogP contribution in [0.4, 0.5) is 0 Å². The van der Waals surface area contributed by atoms with Crippen LogP contribution >= 0.6 is 0 Å². The average Bonchev–Trinajstić information content (AvgIpc) is 3.24. The van der Waals surface area contributed by atoms with Crippen LogP contribution in [0.25, 0.3) is 0 Å². The minimum absolute atomic E-state index is 0.0470. The number of rotatable bonds is 11. The van der Waals surface area contributed by atoms with Crippen LogP contribution in [0.15, 0.2) is 35.9 Å². The van der Waals surface area contributed by atoms with Crippen LogP contribution in [0.1, 0.15) is 129 Å². The Morgan fingerprint density at radius 1 is 0.850 bits per heavy atom. The number of hydrogen-bond donors (Lipinski definition) is 7. The van der Waals surface area contributed by atoms with Crippen molar-refractivity contribution < 1.29 is 49.6 Å². The summed E-state index contributed by atoms with van der Waals surface area (Å²) in [4.78, 5) is 13.4. The van der Waals surface area contributed by atoms with Crippen LogP contribution in [-0.2, 0) is 32.2 Å². The second-order valence-corrected chi connectivity index (χ2v) is 21.8. The number of benzene rings is 1. The lowest BCUT2D eigenvalue weighted by molar-refractivity contribution is -0.339. The molecule has 11 heteroatoms. The van der Waals surface area contributed by atoms with Gasteiger partial charge in [0, 0.05) is 18.6 Å². The van der Waals surface area contributed by atoms with Gasteiger partial charge >= 0.3 is 5.97 Å². The number of allylic oxidation sites excluding steroid dienone is 2. The Morgan fingerprint density at radius 2 is 1.55 bits per heavy atom. The zero-order chi connectivity index (χ0) is 42.9. The summed E-state index contributed by atoms with van der Waals surface area (Å²) in [5.74, 6) is -0.142. The molecule has 0 aromatic heterocycles. The van der Waals surface area contributed by atoms with Gasteiger partial charge in [0.25, 0.3) is 0 Å². The summed E-state index contributed by atoms with van der Waals surface area (Å²) in [5.41, 5.74) is 0.918. The highest BCUT2D eigenvalue weighted by molar-refractivity contribution is 5.76. The molecule has 60 heavy (non-hydrogen) atoms. The van der Waals surface area contributed by atoms with E-state index in [1.807, 2.05) is 7.05 Å². The van der Waals surface area contributed by atoms with Gasteiger partial charge in [0.15, 0.2) is 6.29 Å². The number of carboxylic acids is 1. The molecule has 0 radical (unpaired) electrons. The van der Waals surface area contributed by atoms with Crippen molar-refractivity contribution in [1.82, 2.24) is 5.32 Å². The summed E-state index contributed by atoms with van der Waals surface area (Å²) >= 11 is 0. The standard InChI is InChI=1S/C49H75NO10/c1-44(28-51)19-21-48(43(56)57)22-20-46(3)33(34(48)23-44)15-16-38-47(46,4)18-17-37-45(2,29-52)41(60-42-40(55)39(54)35(53)27-59-42)36(24-49(37,38)32-9-7-6-8-10-32)58-26-31-13-11-30(12-14-31)25-50-5/h11-15,32,34-42,50-55H,6-10,16-29H2,1-5H3,(H,56,57)/t34-,35+,36+,37-,38?,39-,40+,41+,42+,44+,45-,46-,47+,48+,49+/m0/s1. The number of carbonyl (C=O) groups is 1. The Morgan fingerprint density at radius 3 is 2.22 bits per heavy atom. The predicted octanol–water partition coefficient (Wildman–Crippen LogP) is 6.12. The fourth-order valence-corrected chi connectivity index (χ4v) is 15.3. The Hall–Kier alpha value is -1.93. The molecule has 0 bridgehead atoms. The van der Waals surface area contributed by atoms with E-state index in [1.54, 1.807) is 0 Å². The van der Waals surface area contributed by atoms with Crippen molar-refractivity contribution in [2.45, 2.75) is 168 Å². The van der Waals surface area contributed by atoms with E-state index in [1.165, 1.54) is 17.6 Å². The van der Waals surface area contributed by atoms with Crippen LogP contribution in [0.3, 0.4) is 0 Å². The van der Waals surface area contributed by atoms with Gasteiger partial charge in [0.05, 0.1) is 37.4 Å². The maximum absolute atomic E-state index is 13.4. The zero-order valence-electron chi connectivity index (χ0n) is 36.9. The van der Waals surface area contributed by atoms with Crippen molar-refractivity contribution >= 4 is 5.97 Å². The molecule has 6 aliphatic carbocycles. The van der Waals surface area contributed by atoms with E-state index in [0.29, 0.717) is 38.2 Å². The van der Waals surface area contributed by atoms with Crippen molar-refractivity contribution in [1.29, 1.82) is 0 Å². The molecule has 7 aliphatic rings. The number of aliphatic hydroxyl groups excluding tert-OH is 5. The summed E-state index contributed by atoms with van der Waals surface area (Å²) in [5, 5.41) is 69.0. The Bertz CT molecular complexity index is 1730. The van der Waals surface area contributed by atoms with E-state index in [-0.39, 0.29) is 59.2 Å². The summed E-state index contributed by atoms with van der Waals surface area (Å²) in [6.45, 7) is 10.1. The third kappa shape index (κ3) is 6.89. The third-order valence-electron chi connectivity index (χ3n) is 18.9. The summed E-state index contributed by atoms with van der Waals surface area (Å²) < 4.78 is 19.9. The molecule has 0 amide bonds. The first kappa shape index (κ1) is 44.7. The summed E-state index contributed by atoms with van der Waals surface area (Å²) in [6.07, 6.45) is 8.46. The van der Waals surface area contributed by atoms with Gasteiger partial charge in [0.1, 0.15) is 18.3 Å². The number of aliphatic hydroxyl groups is 5. The second-order valence-electron chi connectivity index (χ2n) is 21.8. The first-order valence-corrected chi connectivity index (χ1v) is 23.4. The monoisotopic (exact) mass is 838 g/mol. The highest BCUT2D eigenvalue weighted by Crippen LogP contribution is 2.78. The van der Waals surface area contributed by atoms with E-state index >= 15 is 0 Å². The van der Waals surface area contributed by atoms with E-state index in [4.69, 9.17) is 14.2 Å². The number of fused-ring (bicyclic) bond motifs is 7. The Kier molecular flexibility index (Phi) is 12.3. The molecule has 11 nitrogen and oxygen atoms in total. The normalized spacial score (nSPS) is 47.0. The lowest BCUT2D eigenvalue weighted by Gasteiger charge is -2.74. The molecule has 1 aliphatic heterocycles. The van der Waals surface area contributed by atoms with Crippen molar-refractivity contribution in [3.05, 3.63) is 47.0 Å². The molecule has 0 spiro atoms. The largest absolute Gasteiger partial charge is 0.481 e. The van der Waals surface area contributed by atoms with E-state index in [9.17, 15) is 35.4 Å². The van der Waals surface area contributed by atoms with Crippen LogP contribution in [0.5, 0.6) is 0 Å². The SMILES string of the molecule is CNCc1ccc(CO[C@@H]2C[C@]3(C4CCCCC4)C4CC=C5[C@@H]6C[C@](C)(CO)CC[C@@]6(C(=O)O)CC[C@]5(C)[C@]4(C)CC[C@H]3[C@](C)(CO)[C@@H]2O[C@H]2OC[C@@H](O)[C@H](O)[C@H]2O)cc1. The summed E-state index contributed by atoms with van der Waals surface area (Å²) in [7, 11) is 1.93. The average molecular weight is 838 g/mol. The third-order valence-corrected chi connectivity index (χ3v) is 18.9. The fourth-order valence-electron chi connectivity index (χ4n) is 15.3. The van der Waals surface area contributed by atoms with Gasteiger partial charge in [-0.25, -0.2) is 0 Å².